The number of carbonyl (C=O) groups is 1. The molecule has 0 saturated carbocycles. The van der Waals surface area contributed by atoms with Crippen molar-refractivity contribution < 1.29 is 19.0 Å². The minimum Gasteiger partial charge on any atom is -0.497 e. The summed E-state index contributed by atoms with van der Waals surface area (Å²) in [5.74, 6) is 2.44. The van der Waals surface area contributed by atoms with E-state index in [1.807, 2.05) is 50.2 Å². The van der Waals surface area contributed by atoms with Gasteiger partial charge in [0.1, 0.15) is 29.9 Å². The van der Waals surface area contributed by atoms with Gasteiger partial charge >= 0.3 is 0 Å². The Labute approximate surface area is 185 Å². The molecule has 1 aliphatic heterocycles. The molecule has 3 aromatic rings. The number of H-pyrrole nitrogens is 1. The van der Waals surface area contributed by atoms with Gasteiger partial charge in [-0.15, -0.1) is 0 Å². The fourth-order valence-corrected chi connectivity index (χ4v) is 3.77. The molecule has 31 heavy (non-hydrogen) atoms. The molecule has 1 aromatic heterocycles. The Morgan fingerprint density at radius 3 is 2.84 bits per heavy atom. The number of ether oxygens (including phenoxy) is 3. The zero-order chi connectivity index (χ0) is 22.0. The van der Waals surface area contributed by atoms with E-state index in [4.69, 9.17) is 26.4 Å². The first kappa shape index (κ1) is 20.9. The van der Waals surface area contributed by atoms with Gasteiger partial charge in [-0.1, -0.05) is 0 Å². The van der Waals surface area contributed by atoms with Gasteiger partial charge in [-0.05, 0) is 56.4 Å². The largest absolute Gasteiger partial charge is 0.497 e. The molecule has 2 aromatic carbocycles. The number of rotatable bonds is 7. The molecule has 1 aliphatic rings. The van der Waals surface area contributed by atoms with Gasteiger partial charge in [-0.2, -0.15) is 5.10 Å². The monoisotopic (exact) mass is 440 g/mol. The Bertz CT molecular complexity index is 1150. The number of nitrogens with one attached hydrogen (secondary N) is 2. The molecule has 1 atom stereocenters. The van der Waals surface area contributed by atoms with Crippen LogP contribution in [0.4, 0.5) is 5.69 Å². The van der Waals surface area contributed by atoms with Crippen molar-refractivity contribution in [1.82, 2.24) is 14.8 Å². The zero-order valence-electron chi connectivity index (χ0n) is 17.6. The van der Waals surface area contributed by atoms with Gasteiger partial charge in [0.25, 0.3) is 0 Å². The number of benzene rings is 2. The van der Waals surface area contributed by atoms with Crippen LogP contribution in [0.15, 0.2) is 36.4 Å². The molecule has 0 saturated heterocycles. The average Bonchev–Trinajstić information content (AvgIpc) is 3.29. The average molecular weight is 441 g/mol. The SMILES string of the molecule is CCOc1cc2c(cc1NC(=O)Cn1c(-c3ccc(OC)cc3)n[nH]c1=S)O[C@@H](C)C2. The smallest absolute Gasteiger partial charge is 0.244 e. The van der Waals surface area contributed by atoms with E-state index in [0.29, 0.717) is 28.6 Å². The van der Waals surface area contributed by atoms with Crippen molar-refractivity contribution >= 4 is 23.8 Å². The highest BCUT2D eigenvalue weighted by atomic mass is 32.1. The standard InChI is InChI=1S/C22H24N4O4S/c1-4-29-19-10-15-9-13(2)30-18(15)11-17(19)23-20(27)12-26-21(24-25-22(26)31)14-5-7-16(28-3)8-6-14/h5-8,10-11,13H,4,9,12H2,1-3H3,(H,23,27)(H,25,31)/t13-/m0/s1. The zero-order valence-corrected chi connectivity index (χ0v) is 18.4. The number of hydrogen-bond donors (Lipinski definition) is 2. The summed E-state index contributed by atoms with van der Waals surface area (Å²) < 4.78 is 18.8. The number of methoxy groups -OCH3 is 1. The lowest BCUT2D eigenvalue weighted by molar-refractivity contribution is -0.116. The van der Waals surface area contributed by atoms with E-state index >= 15 is 0 Å². The Kier molecular flexibility index (Phi) is 5.94. The summed E-state index contributed by atoms with van der Waals surface area (Å²) >= 11 is 5.35. The van der Waals surface area contributed by atoms with Crippen LogP contribution in [0.2, 0.25) is 0 Å². The highest BCUT2D eigenvalue weighted by Gasteiger charge is 2.23. The van der Waals surface area contributed by atoms with Crippen molar-refractivity contribution in [1.29, 1.82) is 0 Å². The molecule has 0 fully saturated rings. The minimum atomic E-state index is -0.251. The van der Waals surface area contributed by atoms with E-state index in [0.717, 1.165) is 29.0 Å². The van der Waals surface area contributed by atoms with Crippen LogP contribution in [0.25, 0.3) is 11.4 Å². The summed E-state index contributed by atoms with van der Waals surface area (Å²) in [6, 6.07) is 11.1. The van der Waals surface area contributed by atoms with E-state index in [1.165, 1.54) is 0 Å². The van der Waals surface area contributed by atoms with Crippen LogP contribution in [0, 0.1) is 4.77 Å². The Morgan fingerprint density at radius 2 is 2.13 bits per heavy atom. The molecule has 0 unspecified atom stereocenters. The van der Waals surface area contributed by atoms with Gasteiger partial charge in [0, 0.05) is 23.6 Å². The quantitative estimate of drug-likeness (QED) is 0.540. The first-order valence-corrected chi connectivity index (χ1v) is 10.4. The highest BCUT2D eigenvalue weighted by molar-refractivity contribution is 7.71. The Morgan fingerprint density at radius 1 is 1.35 bits per heavy atom. The molecule has 0 bridgehead atoms. The maximum atomic E-state index is 12.9. The molecule has 0 aliphatic carbocycles. The van der Waals surface area contributed by atoms with Crippen molar-refractivity contribution in [2.24, 2.45) is 0 Å². The number of aromatic amines is 1. The van der Waals surface area contributed by atoms with E-state index < -0.39 is 0 Å². The number of nitrogens with zero attached hydrogens (tertiary/aromatic N) is 2. The molecule has 4 rings (SSSR count). The minimum absolute atomic E-state index is 0.00337. The number of amides is 1. The van der Waals surface area contributed by atoms with Gasteiger partial charge in [0.2, 0.25) is 5.91 Å². The van der Waals surface area contributed by atoms with Gasteiger partial charge in [0.05, 0.1) is 19.4 Å². The highest BCUT2D eigenvalue weighted by Crippen LogP contribution is 2.38. The normalized spacial score (nSPS) is 14.6. The second kappa shape index (κ2) is 8.81. The Balaban J connectivity index is 1.57. The number of anilines is 1. The number of fused-ring (bicyclic) bond motifs is 1. The molecule has 0 radical (unpaired) electrons. The summed E-state index contributed by atoms with van der Waals surface area (Å²) in [5, 5.41) is 9.98. The van der Waals surface area contributed by atoms with Crippen LogP contribution in [-0.4, -0.2) is 40.5 Å². The lowest BCUT2D eigenvalue weighted by atomic mass is 10.1. The molecule has 162 valence electrons. The van der Waals surface area contributed by atoms with Crippen LogP contribution >= 0.6 is 12.2 Å². The maximum Gasteiger partial charge on any atom is 0.244 e. The molecule has 2 N–H and O–H groups in total. The molecule has 9 heteroatoms. The second-order valence-electron chi connectivity index (χ2n) is 7.24. The molecule has 0 spiro atoms. The van der Waals surface area contributed by atoms with E-state index in [1.54, 1.807) is 11.7 Å². The summed E-state index contributed by atoms with van der Waals surface area (Å²) in [4.78, 5) is 12.9. The van der Waals surface area contributed by atoms with E-state index in [9.17, 15) is 4.79 Å². The fourth-order valence-electron chi connectivity index (χ4n) is 3.57. The fraction of sp³-hybridized carbons (Fsp3) is 0.318. The molecule has 8 nitrogen and oxygen atoms in total. The number of hydrogen-bond acceptors (Lipinski definition) is 6. The predicted octanol–water partition coefficient (Wildman–Crippen LogP) is 3.98. The van der Waals surface area contributed by atoms with Crippen LogP contribution in [0.5, 0.6) is 17.2 Å². The molecular formula is C22H24N4O4S. The summed E-state index contributed by atoms with van der Waals surface area (Å²) in [6.07, 6.45) is 0.922. The third-order valence-corrected chi connectivity index (χ3v) is 5.29. The van der Waals surface area contributed by atoms with Crippen LogP contribution in [0.1, 0.15) is 19.4 Å². The topological polar surface area (TPSA) is 90.4 Å². The summed E-state index contributed by atoms with van der Waals surface area (Å²) in [6.45, 7) is 4.41. The van der Waals surface area contributed by atoms with Crippen molar-refractivity contribution in [2.45, 2.75) is 32.9 Å². The molecule has 2 heterocycles. The van der Waals surface area contributed by atoms with Crippen LogP contribution < -0.4 is 19.5 Å². The lowest BCUT2D eigenvalue weighted by Crippen LogP contribution is -2.20. The van der Waals surface area contributed by atoms with Gasteiger partial charge in [-0.25, -0.2) is 0 Å². The molecular weight excluding hydrogens is 416 g/mol. The van der Waals surface area contributed by atoms with Crippen molar-refractivity contribution in [3.63, 3.8) is 0 Å². The van der Waals surface area contributed by atoms with Crippen molar-refractivity contribution in [3.05, 3.63) is 46.7 Å². The summed E-state index contributed by atoms with van der Waals surface area (Å²) in [7, 11) is 1.61. The first-order valence-electron chi connectivity index (χ1n) is 10.0. The third-order valence-electron chi connectivity index (χ3n) is 4.98. The summed E-state index contributed by atoms with van der Waals surface area (Å²) in [5.41, 5.74) is 2.46. The van der Waals surface area contributed by atoms with Crippen molar-refractivity contribution in [2.75, 3.05) is 19.0 Å². The third kappa shape index (κ3) is 4.41. The Hall–Kier alpha value is -3.33. The number of aromatic nitrogens is 3. The maximum absolute atomic E-state index is 12.9. The van der Waals surface area contributed by atoms with E-state index in [-0.39, 0.29) is 18.6 Å². The van der Waals surface area contributed by atoms with Crippen LogP contribution in [0.3, 0.4) is 0 Å². The first-order chi connectivity index (χ1) is 15.0. The van der Waals surface area contributed by atoms with Gasteiger partial charge in [-0.3, -0.25) is 14.5 Å². The van der Waals surface area contributed by atoms with Gasteiger partial charge < -0.3 is 19.5 Å². The molecule has 1 amide bonds. The van der Waals surface area contributed by atoms with E-state index in [2.05, 4.69) is 15.5 Å². The number of carbonyl (C=O) groups excluding carboxylic acids is 1. The van der Waals surface area contributed by atoms with Crippen molar-refractivity contribution in [3.8, 4) is 28.6 Å². The van der Waals surface area contributed by atoms with Gasteiger partial charge in [0.15, 0.2) is 10.6 Å². The predicted molar refractivity (Wildman–Crippen MR) is 119 cm³/mol. The lowest BCUT2D eigenvalue weighted by Gasteiger charge is -2.14. The van der Waals surface area contributed by atoms with Crippen LogP contribution in [-0.2, 0) is 17.8 Å². The second-order valence-corrected chi connectivity index (χ2v) is 7.62.